The van der Waals surface area contributed by atoms with Crippen LogP contribution in [0.15, 0.2) is 47.4 Å². The Bertz CT molecular complexity index is 897. The quantitative estimate of drug-likeness (QED) is 0.497. The number of ether oxygens (including phenoxy) is 1. The van der Waals surface area contributed by atoms with E-state index < -0.39 is 21.1 Å². The van der Waals surface area contributed by atoms with Crippen molar-refractivity contribution in [2.24, 2.45) is 0 Å². The van der Waals surface area contributed by atoms with Crippen molar-refractivity contribution < 1.29 is 23.2 Å². The molecule has 0 aliphatic rings. The van der Waals surface area contributed by atoms with Crippen LogP contribution in [0.1, 0.15) is 22.8 Å². The van der Waals surface area contributed by atoms with Crippen molar-refractivity contribution in [1.82, 2.24) is 4.72 Å². The smallest absolute Gasteiger partial charge is 0.270 e. The van der Waals surface area contributed by atoms with Crippen LogP contribution in [-0.4, -0.2) is 38.2 Å². The molecule has 146 valence electrons. The van der Waals surface area contributed by atoms with Crippen molar-refractivity contribution in [1.29, 1.82) is 0 Å². The minimum atomic E-state index is -3.98. The Kier molecular flexibility index (Phi) is 7.03. The first kappa shape index (κ1) is 21.0. The zero-order valence-electron chi connectivity index (χ0n) is 15.1. The first-order valence-corrected chi connectivity index (χ1v) is 9.76. The number of benzene rings is 2. The van der Waals surface area contributed by atoms with Crippen LogP contribution in [0.2, 0.25) is 0 Å². The third-order valence-corrected chi connectivity index (χ3v) is 5.56. The van der Waals surface area contributed by atoms with Gasteiger partial charge in [0.15, 0.2) is 0 Å². The minimum absolute atomic E-state index is 0.0517. The Morgan fingerprint density at radius 2 is 1.85 bits per heavy atom. The molecule has 0 aromatic heterocycles. The number of hydrogen-bond acceptors (Lipinski definition) is 6. The van der Waals surface area contributed by atoms with Crippen LogP contribution in [0.3, 0.4) is 0 Å². The van der Waals surface area contributed by atoms with Gasteiger partial charge in [0.25, 0.3) is 5.69 Å². The Morgan fingerprint density at radius 3 is 2.44 bits per heavy atom. The van der Waals surface area contributed by atoms with E-state index in [1.54, 1.807) is 6.92 Å². The van der Waals surface area contributed by atoms with Gasteiger partial charge in [0.1, 0.15) is 0 Å². The number of aliphatic hydroxyl groups excluding tert-OH is 1. The summed E-state index contributed by atoms with van der Waals surface area (Å²) in [5, 5.41) is 19.9. The number of sulfonamides is 1. The second-order valence-electron chi connectivity index (χ2n) is 6.05. The molecule has 1 unspecified atom stereocenters. The van der Waals surface area contributed by atoms with Crippen LogP contribution in [0.5, 0.6) is 0 Å². The van der Waals surface area contributed by atoms with Crippen molar-refractivity contribution in [3.63, 3.8) is 0 Å². The molecule has 9 heteroatoms. The van der Waals surface area contributed by atoms with Crippen LogP contribution in [0.25, 0.3) is 0 Å². The van der Waals surface area contributed by atoms with Gasteiger partial charge in [-0.25, -0.2) is 13.1 Å². The summed E-state index contributed by atoms with van der Waals surface area (Å²) in [4.78, 5) is 10.1. The summed E-state index contributed by atoms with van der Waals surface area (Å²) >= 11 is 0. The predicted octanol–water partition coefficient (Wildman–Crippen LogP) is 2.24. The third kappa shape index (κ3) is 5.57. The highest BCUT2D eigenvalue weighted by molar-refractivity contribution is 7.89. The highest BCUT2D eigenvalue weighted by atomic mass is 32.2. The summed E-state index contributed by atoms with van der Waals surface area (Å²) < 4.78 is 33.3. The Morgan fingerprint density at radius 1 is 1.19 bits per heavy atom. The average Bonchev–Trinajstić information content (AvgIpc) is 2.62. The summed E-state index contributed by atoms with van der Waals surface area (Å²) in [6, 6.07) is 11.1. The summed E-state index contributed by atoms with van der Waals surface area (Å²) in [5.41, 5.74) is 1.91. The number of nitro benzene ring substituents is 1. The molecule has 2 N–H and O–H groups in total. The molecule has 0 aliphatic carbocycles. The van der Waals surface area contributed by atoms with Crippen LogP contribution in [0.4, 0.5) is 5.69 Å². The van der Waals surface area contributed by atoms with Gasteiger partial charge in [-0.1, -0.05) is 35.9 Å². The zero-order chi connectivity index (χ0) is 20.0. The van der Waals surface area contributed by atoms with Gasteiger partial charge >= 0.3 is 0 Å². The van der Waals surface area contributed by atoms with Crippen molar-refractivity contribution in [3.05, 3.63) is 69.3 Å². The maximum Gasteiger partial charge on any atom is 0.270 e. The number of nitrogens with one attached hydrogen (secondary N) is 1. The lowest BCUT2D eigenvalue weighted by molar-refractivity contribution is -0.385. The average molecular weight is 394 g/mol. The maximum absolute atomic E-state index is 12.7. The van der Waals surface area contributed by atoms with E-state index in [9.17, 15) is 18.5 Å². The number of aliphatic hydroxyl groups is 1. The zero-order valence-corrected chi connectivity index (χ0v) is 15.9. The van der Waals surface area contributed by atoms with Crippen LogP contribution >= 0.6 is 0 Å². The fraction of sp³-hybridized carbons (Fsp3) is 0.333. The fourth-order valence-corrected chi connectivity index (χ4v) is 3.80. The molecule has 0 bridgehead atoms. The van der Waals surface area contributed by atoms with E-state index in [1.807, 2.05) is 31.2 Å². The molecular weight excluding hydrogens is 372 g/mol. The summed E-state index contributed by atoms with van der Waals surface area (Å²) in [5.74, 6) is 0. The number of rotatable bonds is 9. The molecule has 0 saturated heterocycles. The minimum Gasteiger partial charge on any atom is -0.394 e. The molecule has 2 aromatic rings. The lowest BCUT2D eigenvalue weighted by atomic mass is 10.1. The molecular formula is C18H22N2O6S. The number of hydrogen-bond donors (Lipinski definition) is 2. The second-order valence-corrected chi connectivity index (χ2v) is 7.79. The Hall–Kier alpha value is -2.33. The molecule has 0 fully saturated rings. The van der Waals surface area contributed by atoms with E-state index in [2.05, 4.69) is 4.72 Å². The molecule has 2 aromatic carbocycles. The summed E-state index contributed by atoms with van der Waals surface area (Å²) in [6.45, 7) is 3.28. The fourth-order valence-electron chi connectivity index (χ4n) is 2.50. The van der Waals surface area contributed by atoms with Crippen LogP contribution in [0, 0.1) is 24.0 Å². The molecule has 0 aliphatic heterocycles. The number of nitrogens with zero attached hydrogens (tertiary/aromatic N) is 1. The van der Waals surface area contributed by atoms with E-state index in [1.165, 1.54) is 12.1 Å². The maximum atomic E-state index is 12.7. The van der Waals surface area contributed by atoms with Gasteiger partial charge in [-0.15, -0.1) is 0 Å². The second kappa shape index (κ2) is 9.05. The van der Waals surface area contributed by atoms with E-state index in [4.69, 9.17) is 9.84 Å². The van der Waals surface area contributed by atoms with Crippen molar-refractivity contribution in [3.8, 4) is 0 Å². The Labute approximate surface area is 158 Å². The van der Waals surface area contributed by atoms with Crippen molar-refractivity contribution in [2.75, 3.05) is 19.8 Å². The normalized spacial score (nSPS) is 12.7. The molecule has 2 rings (SSSR count). The first-order chi connectivity index (χ1) is 12.7. The van der Waals surface area contributed by atoms with Gasteiger partial charge in [0, 0.05) is 18.7 Å². The van der Waals surface area contributed by atoms with Gasteiger partial charge in [-0.3, -0.25) is 10.1 Å². The highest BCUT2D eigenvalue weighted by Gasteiger charge is 2.22. The summed E-state index contributed by atoms with van der Waals surface area (Å²) in [7, 11) is -3.98. The van der Waals surface area contributed by atoms with Crippen molar-refractivity contribution in [2.45, 2.75) is 24.8 Å². The van der Waals surface area contributed by atoms with Crippen molar-refractivity contribution >= 4 is 15.7 Å². The highest BCUT2D eigenvalue weighted by Crippen LogP contribution is 2.23. The molecule has 0 spiro atoms. The Balaban J connectivity index is 2.23. The van der Waals surface area contributed by atoms with E-state index >= 15 is 0 Å². The molecule has 1 atom stereocenters. The molecule has 0 radical (unpaired) electrons. The molecule has 8 nitrogen and oxygen atoms in total. The predicted molar refractivity (Wildman–Crippen MR) is 100.0 cm³/mol. The summed E-state index contributed by atoms with van der Waals surface area (Å²) in [6.07, 6.45) is -0.605. The lowest BCUT2D eigenvalue weighted by Crippen LogP contribution is -2.30. The standard InChI is InChI=1S/C18H22N2O6S/c1-13-3-6-15(7-4-13)17(26-10-9-21)12-19-27(24,25)18-11-16(20(22)23)8-5-14(18)2/h3-8,11,17,19,21H,9-10,12H2,1-2H3. The van der Waals surface area contributed by atoms with Crippen LogP contribution in [-0.2, 0) is 14.8 Å². The molecule has 0 heterocycles. The molecule has 0 amide bonds. The molecule has 27 heavy (non-hydrogen) atoms. The van der Waals surface area contributed by atoms with E-state index in [0.29, 0.717) is 5.56 Å². The lowest BCUT2D eigenvalue weighted by Gasteiger charge is -2.19. The topological polar surface area (TPSA) is 119 Å². The number of nitro groups is 1. The SMILES string of the molecule is Cc1ccc(C(CNS(=O)(=O)c2cc([N+](=O)[O-])ccc2C)OCCO)cc1. The van der Waals surface area contributed by atoms with Gasteiger partial charge in [0.2, 0.25) is 10.0 Å². The third-order valence-electron chi connectivity index (χ3n) is 3.99. The van der Waals surface area contributed by atoms with Crippen LogP contribution < -0.4 is 4.72 Å². The monoisotopic (exact) mass is 394 g/mol. The van der Waals surface area contributed by atoms with Gasteiger partial charge in [-0.2, -0.15) is 0 Å². The molecule has 0 saturated carbocycles. The van der Waals surface area contributed by atoms with Gasteiger partial charge < -0.3 is 9.84 Å². The van der Waals surface area contributed by atoms with E-state index in [-0.39, 0.29) is 30.3 Å². The number of aryl methyl sites for hydroxylation is 2. The largest absolute Gasteiger partial charge is 0.394 e. The van der Waals surface area contributed by atoms with Gasteiger partial charge in [-0.05, 0) is 25.0 Å². The van der Waals surface area contributed by atoms with Gasteiger partial charge in [0.05, 0.1) is 29.1 Å². The van der Waals surface area contributed by atoms with E-state index in [0.717, 1.165) is 17.2 Å². The number of non-ortho nitro benzene ring substituents is 1. The first-order valence-electron chi connectivity index (χ1n) is 8.28.